The Morgan fingerprint density at radius 3 is 2.36 bits per heavy atom. The molecule has 0 atom stereocenters. The molecule has 3 rings (SSSR count). The van der Waals surface area contributed by atoms with E-state index in [0.29, 0.717) is 29.2 Å². The lowest BCUT2D eigenvalue weighted by Gasteiger charge is -2.17. The van der Waals surface area contributed by atoms with E-state index in [9.17, 15) is 9.59 Å². The van der Waals surface area contributed by atoms with E-state index in [0.717, 1.165) is 18.5 Å². The summed E-state index contributed by atoms with van der Waals surface area (Å²) in [7, 11) is 1.73. The smallest absolute Gasteiger partial charge is 0.258 e. The Balaban J connectivity index is 1.56. The van der Waals surface area contributed by atoms with Crippen molar-refractivity contribution in [3.8, 4) is 5.75 Å². The number of ether oxygens (including phenoxy) is 1. The van der Waals surface area contributed by atoms with Gasteiger partial charge in [-0.1, -0.05) is 37.6 Å². The predicted molar refractivity (Wildman–Crippen MR) is 136 cm³/mol. The number of amides is 2. The number of hydrogen-bond donors (Lipinski definition) is 2. The van der Waals surface area contributed by atoms with Crippen LogP contribution in [0.1, 0.15) is 40.5 Å². The third-order valence-electron chi connectivity index (χ3n) is 4.93. The molecule has 0 bridgehead atoms. The molecule has 0 aromatic heterocycles. The van der Waals surface area contributed by atoms with Crippen LogP contribution in [0.25, 0.3) is 0 Å². The lowest BCUT2D eigenvalue weighted by molar-refractivity contribution is 0.0974. The number of nitrogens with one attached hydrogen (secondary N) is 2. The van der Waals surface area contributed by atoms with Gasteiger partial charge < -0.3 is 15.0 Å². The first-order chi connectivity index (χ1) is 16.0. The number of hydrogen-bond acceptors (Lipinski definition) is 4. The van der Waals surface area contributed by atoms with Gasteiger partial charge in [-0.3, -0.25) is 14.9 Å². The summed E-state index contributed by atoms with van der Waals surface area (Å²) in [6, 6.07) is 23.3. The highest BCUT2D eigenvalue weighted by atomic mass is 32.1. The minimum Gasteiger partial charge on any atom is -0.494 e. The molecule has 0 spiro atoms. The van der Waals surface area contributed by atoms with Crippen LogP contribution < -0.4 is 20.3 Å². The van der Waals surface area contributed by atoms with Crippen molar-refractivity contribution < 1.29 is 14.3 Å². The Kier molecular flexibility index (Phi) is 8.55. The van der Waals surface area contributed by atoms with Gasteiger partial charge in [0.2, 0.25) is 0 Å². The first-order valence-electron chi connectivity index (χ1n) is 10.8. The number of unbranched alkanes of at least 4 members (excludes halogenated alkanes) is 1. The summed E-state index contributed by atoms with van der Waals surface area (Å²) < 4.78 is 5.65. The van der Waals surface area contributed by atoms with Crippen LogP contribution in [0.15, 0.2) is 78.9 Å². The Labute approximate surface area is 199 Å². The highest BCUT2D eigenvalue weighted by Gasteiger charge is 2.14. The van der Waals surface area contributed by atoms with Gasteiger partial charge in [-0.2, -0.15) is 0 Å². The number of carbonyl (C=O) groups excluding carboxylic acids is 2. The van der Waals surface area contributed by atoms with Crippen molar-refractivity contribution >= 4 is 40.5 Å². The molecule has 6 nitrogen and oxygen atoms in total. The van der Waals surface area contributed by atoms with Crippen LogP contribution in [0.4, 0.5) is 11.4 Å². The second-order valence-corrected chi connectivity index (χ2v) is 7.82. The molecule has 2 N–H and O–H groups in total. The average molecular weight is 462 g/mol. The van der Waals surface area contributed by atoms with Crippen LogP contribution >= 0.6 is 12.2 Å². The molecule has 33 heavy (non-hydrogen) atoms. The second kappa shape index (κ2) is 11.8. The van der Waals surface area contributed by atoms with Crippen LogP contribution in [0.2, 0.25) is 0 Å². The molecule has 0 aliphatic heterocycles. The van der Waals surface area contributed by atoms with Gasteiger partial charge in [0.05, 0.1) is 6.61 Å². The zero-order chi connectivity index (χ0) is 23.6. The van der Waals surface area contributed by atoms with Crippen molar-refractivity contribution in [1.29, 1.82) is 0 Å². The predicted octanol–water partition coefficient (Wildman–Crippen LogP) is 5.27. The van der Waals surface area contributed by atoms with E-state index in [1.807, 2.05) is 36.4 Å². The highest BCUT2D eigenvalue weighted by Crippen LogP contribution is 2.17. The molecule has 0 heterocycles. The van der Waals surface area contributed by atoms with E-state index < -0.39 is 0 Å². The van der Waals surface area contributed by atoms with Crippen LogP contribution in [0.5, 0.6) is 5.75 Å². The molecule has 3 aromatic rings. The van der Waals surface area contributed by atoms with Crippen LogP contribution in [-0.2, 0) is 0 Å². The Bertz CT molecular complexity index is 1100. The minimum absolute atomic E-state index is 0.121. The van der Waals surface area contributed by atoms with Gasteiger partial charge >= 0.3 is 0 Å². The molecule has 0 unspecified atom stereocenters. The lowest BCUT2D eigenvalue weighted by Crippen LogP contribution is -2.34. The van der Waals surface area contributed by atoms with E-state index in [4.69, 9.17) is 17.0 Å². The molecule has 0 radical (unpaired) electrons. The molecule has 0 aliphatic rings. The summed E-state index contributed by atoms with van der Waals surface area (Å²) in [5, 5.41) is 5.80. The summed E-state index contributed by atoms with van der Waals surface area (Å²) in [5.74, 6) is 0.199. The summed E-state index contributed by atoms with van der Waals surface area (Å²) in [6.07, 6.45) is 2.00. The van der Waals surface area contributed by atoms with Crippen molar-refractivity contribution in [2.75, 3.05) is 23.9 Å². The molecule has 3 aromatic carbocycles. The number of anilines is 2. The second-order valence-electron chi connectivity index (χ2n) is 7.42. The molecule has 0 aliphatic carbocycles. The number of thiocarbonyl (C=S) groups is 1. The molecule has 0 fully saturated rings. The van der Waals surface area contributed by atoms with Gasteiger partial charge in [-0.25, -0.2) is 0 Å². The maximum absolute atomic E-state index is 12.7. The van der Waals surface area contributed by atoms with Gasteiger partial charge in [0, 0.05) is 29.5 Å². The number of carbonyl (C=O) groups is 2. The first-order valence-corrected chi connectivity index (χ1v) is 11.2. The van der Waals surface area contributed by atoms with Gasteiger partial charge in [0.15, 0.2) is 5.11 Å². The quantitative estimate of drug-likeness (QED) is 0.353. The standard InChI is InChI=1S/C26H27N3O3S/c1-3-4-17-32-23-12-8-9-20(18-23)24(30)28-26(33)27-21-15-13-19(14-16-21)25(31)29(2)22-10-6-5-7-11-22/h5-16,18H,3-4,17H2,1-2H3,(H2,27,28,30,33). The van der Waals surface area contributed by atoms with Crippen molar-refractivity contribution in [3.63, 3.8) is 0 Å². The summed E-state index contributed by atoms with van der Waals surface area (Å²) in [6.45, 7) is 2.71. The Hall–Kier alpha value is -3.71. The van der Waals surface area contributed by atoms with Gasteiger partial charge in [0.1, 0.15) is 5.75 Å². The summed E-state index contributed by atoms with van der Waals surface area (Å²) in [4.78, 5) is 26.8. The zero-order valence-corrected chi connectivity index (χ0v) is 19.5. The van der Waals surface area contributed by atoms with E-state index in [-0.39, 0.29) is 16.9 Å². The fourth-order valence-corrected chi connectivity index (χ4v) is 3.27. The van der Waals surface area contributed by atoms with E-state index in [2.05, 4.69) is 17.6 Å². The fraction of sp³-hybridized carbons (Fsp3) is 0.192. The third kappa shape index (κ3) is 6.89. The zero-order valence-electron chi connectivity index (χ0n) is 18.7. The van der Waals surface area contributed by atoms with Gasteiger partial charge in [-0.15, -0.1) is 0 Å². The van der Waals surface area contributed by atoms with Crippen molar-refractivity contribution in [2.45, 2.75) is 19.8 Å². The average Bonchev–Trinajstić information content (AvgIpc) is 2.84. The third-order valence-corrected chi connectivity index (χ3v) is 5.13. The molecule has 0 saturated heterocycles. The van der Waals surface area contributed by atoms with Crippen LogP contribution in [-0.4, -0.2) is 30.6 Å². The first kappa shape index (κ1) is 23.9. The molecule has 170 valence electrons. The fourth-order valence-electron chi connectivity index (χ4n) is 3.06. The molecular formula is C26H27N3O3S. The Morgan fingerprint density at radius 2 is 1.67 bits per heavy atom. The van der Waals surface area contributed by atoms with Crippen molar-refractivity contribution in [2.24, 2.45) is 0 Å². The van der Waals surface area contributed by atoms with E-state index >= 15 is 0 Å². The number of nitrogens with zero attached hydrogens (tertiary/aromatic N) is 1. The van der Waals surface area contributed by atoms with Gasteiger partial charge in [0.25, 0.3) is 11.8 Å². The maximum Gasteiger partial charge on any atom is 0.258 e. The molecular weight excluding hydrogens is 434 g/mol. The minimum atomic E-state index is -0.329. The van der Waals surface area contributed by atoms with Crippen molar-refractivity contribution in [3.05, 3.63) is 90.0 Å². The molecule has 2 amide bonds. The van der Waals surface area contributed by atoms with Gasteiger partial charge in [-0.05, 0) is 73.2 Å². The topological polar surface area (TPSA) is 70.7 Å². The normalized spacial score (nSPS) is 10.2. The SMILES string of the molecule is CCCCOc1cccc(C(=O)NC(=S)Nc2ccc(C(=O)N(C)c3ccccc3)cc2)c1. The molecule has 7 heteroatoms. The number of rotatable bonds is 8. The van der Waals surface area contributed by atoms with Crippen molar-refractivity contribution in [1.82, 2.24) is 5.32 Å². The summed E-state index contributed by atoms with van der Waals surface area (Å²) in [5.41, 5.74) is 2.48. The van der Waals surface area contributed by atoms with E-state index in [1.165, 1.54) is 0 Å². The summed E-state index contributed by atoms with van der Waals surface area (Å²) >= 11 is 5.27. The van der Waals surface area contributed by atoms with Crippen LogP contribution in [0.3, 0.4) is 0 Å². The highest BCUT2D eigenvalue weighted by molar-refractivity contribution is 7.80. The number of para-hydroxylation sites is 1. The van der Waals surface area contributed by atoms with E-state index in [1.54, 1.807) is 54.4 Å². The maximum atomic E-state index is 12.7. The largest absolute Gasteiger partial charge is 0.494 e. The molecule has 0 saturated carbocycles. The Morgan fingerprint density at radius 1 is 0.939 bits per heavy atom. The van der Waals surface area contributed by atoms with Crippen LogP contribution in [0, 0.1) is 0 Å². The lowest BCUT2D eigenvalue weighted by atomic mass is 10.1. The monoisotopic (exact) mass is 461 g/mol. The number of benzene rings is 3.